The molecule has 6 N–H and O–H groups in total. The summed E-state index contributed by atoms with van der Waals surface area (Å²) in [5.74, 6) is 10.0. The molecule has 258 valence electrons. The third-order valence-corrected chi connectivity index (χ3v) is 12.9. The second kappa shape index (κ2) is 12.4. The molecular weight excluding hydrogens is 681 g/mol. The van der Waals surface area contributed by atoms with Crippen molar-refractivity contribution in [3.63, 3.8) is 0 Å². The summed E-state index contributed by atoms with van der Waals surface area (Å²) in [4.78, 5) is 26.2. The average molecular weight is 715 g/mol. The van der Waals surface area contributed by atoms with Gasteiger partial charge >= 0.3 is 0 Å². The van der Waals surface area contributed by atoms with Gasteiger partial charge in [0.05, 0.1) is 0 Å². The first-order valence-electron chi connectivity index (χ1n) is 15.7. The van der Waals surface area contributed by atoms with Crippen LogP contribution in [0.1, 0.15) is 80.8 Å². The fourth-order valence-electron chi connectivity index (χ4n) is 7.48. The fraction of sp³-hybridized carbons (Fsp3) is 0.222. The SMILES string of the molecule is CCc1cc(C2(S(=O)(=O)O)CC(=NN)C(=O)c3ccccc32)ccc1-c1ccc(C2(S(=O)(=O)O)CC(=NN)C(=O)c3ccccc32)cc1CC. The Hall–Kier alpha value is -5.02. The summed E-state index contributed by atoms with van der Waals surface area (Å²) in [6.07, 6.45) is -0.111. The van der Waals surface area contributed by atoms with Crippen molar-refractivity contribution in [3.8, 4) is 11.1 Å². The van der Waals surface area contributed by atoms with E-state index in [0.717, 1.165) is 0 Å². The maximum atomic E-state index is 13.4. The van der Waals surface area contributed by atoms with Gasteiger partial charge in [0.1, 0.15) is 11.4 Å². The fourth-order valence-corrected chi connectivity index (χ4v) is 9.88. The number of aryl methyl sites for hydroxylation is 2. The molecule has 2 aliphatic rings. The summed E-state index contributed by atoms with van der Waals surface area (Å²) in [5.41, 5.74) is 3.17. The molecule has 12 nitrogen and oxygen atoms in total. The first-order chi connectivity index (χ1) is 23.7. The maximum Gasteiger partial charge on any atom is 0.279 e. The van der Waals surface area contributed by atoms with Crippen LogP contribution >= 0.6 is 0 Å². The first kappa shape index (κ1) is 34.8. The number of hydrogen-bond acceptors (Lipinski definition) is 10. The molecule has 0 heterocycles. The van der Waals surface area contributed by atoms with Crippen molar-refractivity contribution in [2.24, 2.45) is 21.9 Å². The van der Waals surface area contributed by atoms with Crippen molar-refractivity contribution in [3.05, 3.63) is 129 Å². The van der Waals surface area contributed by atoms with Crippen LogP contribution in [0.3, 0.4) is 0 Å². The molecule has 14 heteroatoms. The van der Waals surface area contributed by atoms with Crippen LogP contribution in [0.4, 0.5) is 0 Å². The molecule has 2 atom stereocenters. The van der Waals surface area contributed by atoms with E-state index in [2.05, 4.69) is 10.2 Å². The van der Waals surface area contributed by atoms with Crippen LogP contribution < -0.4 is 11.7 Å². The molecule has 2 unspecified atom stereocenters. The molecule has 6 rings (SSSR count). The van der Waals surface area contributed by atoms with E-state index >= 15 is 0 Å². The van der Waals surface area contributed by atoms with Gasteiger partial charge in [0.2, 0.25) is 11.6 Å². The second-order valence-corrected chi connectivity index (χ2v) is 15.6. The molecule has 0 bridgehead atoms. The van der Waals surface area contributed by atoms with Crippen LogP contribution in [-0.2, 0) is 42.6 Å². The highest BCUT2D eigenvalue weighted by Crippen LogP contribution is 2.49. The lowest BCUT2D eigenvalue weighted by atomic mass is 9.75. The molecule has 4 aromatic carbocycles. The third kappa shape index (κ3) is 5.01. The van der Waals surface area contributed by atoms with Gasteiger partial charge in [-0.25, -0.2) is 0 Å². The molecular formula is C36H34N4O8S2. The number of benzene rings is 4. The number of nitrogens with two attached hydrogens (primary N) is 2. The predicted octanol–water partition coefficient (Wildman–Crippen LogP) is 4.54. The van der Waals surface area contributed by atoms with E-state index in [1.54, 1.807) is 60.7 Å². The highest BCUT2D eigenvalue weighted by molar-refractivity contribution is 7.87. The van der Waals surface area contributed by atoms with Crippen molar-refractivity contribution in [2.75, 3.05) is 0 Å². The Bertz CT molecular complexity index is 2220. The zero-order valence-electron chi connectivity index (χ0n) is 27.1. The number of hydrazone groups is 2. The normalized spacial score (nSPS) is 22.4. The quantitative estimate of drug-likeness (QED) is 0.119. The number of carbonyl (C=O) groups is 2. The lowest BCUT2D eigenvalue weighted by Gasteiger charge is -2.37. The summed E-state index contributed by atoms with van der Waals surface area (Å²) in [6, 6.07) is 22.2. The second-order valence-electron chi connectivity index (χ2n) is 12.3. The van der Waals surface area contributed by atoms with Crippen molar-refractivity contribution in [1.82, 2.24) is 0 Å². The summed E-state index contributed by atoms with van der Waals surface area (Å²) >= 11 is 0. The highest BCUT2D eigenvalue weighted by atomic mass is 32.2. The third-order valence-electron chi connectivity index (χ3n) is 9.96. The predicted molar refractivity (Wildman–Crippen MR) is 189 cm³/mol. The molecule has 0 radical (unpaired) electrons. The Labute approximate surface area is 289 Å². The average Bonchev–Trinajstić information content (AvgIpc) is 3.11. The number of nitrogens with zero attached hydrogens (tertiary/aromatic N) is 2. The number of fused-ring (bicyclic) bond motifs is 2. The van der Waals surface area contributed by atoms with Crippen molar-refractivity contribution in [2.45, 2.75) is 49.0 Å². The molecule has 0 spiro atoms. The number of carbonyl (C=O) groups excluding carboxylic acids is 2. The van der Waals surface area contributed by atoms with Gasteiger partial charge in [-0.05, 0) is 57.3 Å². The number of ketones is 2. The molecule has 0 amide bonds. The summed E-state index contributed by atoms with van der Waals surface area (Å²) in [6.45, 7) is 3.76. The van der Waals surface area contributed by atoms with Crippen LogP contribution in [-0.4, -0.2) is 48.9 Å². The van der Waals surface area contributed by atoms with E-state index in [-0.39, 0.29) is 44.8 Å². The van der Waals surface area contributed by atoms with Crippen molar-refractivity contribution < 1.29 is 35.5 Å². The largest absolute Gasteiger partial charge is 0.323 e. The number of hydrogen-bond donors (Lipinski definition) is 4. The Kier molecular flexibility index (Phi) is 8.63. The van der Waals surface area contributed by atoms with Gasteiger partial charge in [-0.3, -0.25) is 18.7 Å². The highest BCUT2D eigenvalue weighted by Gasteiger charge is 2.54. The number of rotatable bonds is 7. The number of Topliss-reactive ketones (excluding diaryl/α,β-unsaturated/α-hetero) is 2. The van der Waals surface area contributed by atoms with E-state index in [1.807, 2.05) is 13.8 Å². The van der Waals surface area contributed by atoms with Gasteiger partial charge in [0.15, 0.2) is 9.49 Å². The zero-order valence-corrected chi connectivity index (χ0v) is 28.8. The molecule has 0 saturated carbocycles. The van der Waals surface area contributed by atoms with E-state index < -0.39 is 54.1 Å². The summed E-state index contributed by atoms with van der Waals surface area (Å²) < 4.78 is 71.1. The molecule has 0 aromatic heterocycles. The molecule has 0 saturated heterocycles. The monoisotopic (exact) mass is 714 g/mol. The molecule has 50 heavy (non-hydrogen) atoms. The Morgan fingerprint density at radius 3 is 1.28 bits per heavy atom. The van der Waals surface area contributed by atoms with E-state index in [9.17, 15) is 35.5 Å². The van der Waals surface area contributed by atoms with Gasteiger partial charge < -0.3 is 11.7 Å². The van der Waals surface area contributed by atoms with Gasteiger partial charge in [-0.2, -0.15) is 27.0 Å². The standard InChI is InChI=1S/C36H34N4O8S2/c1-3-21-17-23(35(49(43,44)45)19-31(39-37)33(41)27-9-5-7-11-29(27)35)13-15-25(21)26-16-14-24(18-22(26)4-2)36(50(46,47)48)20-32(40-38)34(42)28-10-6-8-12-30(28)36/h5-18H,3-4,19-20,37-38H2,1-2H3,(H,43,44,45)(H,46,47,48). The van der Waals surface area contributed by atoms with E-state index in [1.165, 1.54) is 24.3 Å². The molecule has 2 aliphatic carbocycles. The van der Waals surface area contributed by atoms with Crippen molar-refractivity contribution in [1.29, 1.82) is 0 Å². The Morgan fingerprint density at radius 2 is 0.960 bits per heavy atom. The maximum absolute atomic E-state index is 13.4. The summed E-state index contributed by atoms with van der Waals surface area (Å²) in [5, 5.41) is 7.18. The van der Waals surface area contributed by atoms with Crippen LogP contribution in [0.2, 0.25) is 0 Å². The van der Waals surface area contributed by atoms with Crippen LogP contribution in [0, 0.1) is 0 Å². The van der Waals surface area contributed by atoms with Crippen molar-refractivity contribution >= 4 is 43.2 Å². The van der Waals surface area contributed by atoms with Crippen LogP contribution in [0.25, 0.3) is 11.1 Å². The van der Waals surface area contributed by atoms with Crippen LogP contribution in [0.5, 0.6) is 0 Å². The molecule has 0 fully saturated rings. The first-order valence-corrected chi connectivity index (χ1v) is 18.6. The molecule has 0 aliphatic heterocycles. The van der Waals surface area contributed by atoms with E-state index in [4.69, 9.17) is 11.7 Å². The minimum absolute atomic E-state index is 0.0631. The van der Waals surface area contributed by atoms with Gasteiger partial charge in [0.25, 0.3) is 20.2 Å². The van der Waals surface area contributed by atoms with E-state index in [0.29, 0.717) is 35.1 Å². The Balaban J connectivity index is 1.56. The van der Waals surface area contributed by atoms with Gasteiger partial charge in [-0.1, -0.05) is 98.8 Å². The molecule has 4 aromatic rings. The zero-order chi connectivity index (χ0) is 36.2. The minimum atomic E-state index is -4.92. The minimum Gasteiger partial charge on any atom is -0.323 e. The van der Waals surface area contributed by atoms with Crippen LogP contribution in [0.15, 0.2) is 95.1 Å². The Morgan fingerprint density at radius 1 is 0.600 bits per heavy atom. The van der Waals surface area contributed by atoms with Gasteiger partial charge in [-0.15, -0.1) is 0 Å². The lowest BCUT2D eigenvalue weighted by Crippen LogP contribution is -2.46. The van der Waals surface area contributed by atoms with Gasteiger partial charge in [0, 0.05) is 24.0 Å². The lowest BCUT2D eigenvalue weighted by molar-refractivity contribution is 0.105. The summed E-state index contributed by atoms with van der Waals surface area (Å²) in [7, 11) is -9.84. The smallest absolute Gasteiger partial charge is 0.279 e. The topological polar surface area (TPSA) is 220 Å².